The molecule has 4 rings (SSSR count). The third-order valence-corrected chi connectivity index (χ3v) is 5.69. The number of fused-ring (bicyclic) bond motifs is 1. The Bertz CT molecular complexity index is 1440. The first kappa shape index (κ1) is 26.6. The van der Waals surface area contributed by atoms with Gasteiger partial charge in [-0.25, -0.2) is 4.79 Å². The van der Waals surface area contributed by atoms with Gasteiger partial charge < -0.3 is 19.2 Å². The van der Waals surface area contributed by atoms with E-state index in [1.54, 1.807) is 38.5 Å². The summed E-state index contributed by atoms with van der Waals surface area (Å²) in [6, 6.07) is 19.3. The van der Waals surface area contributed by atoms with E-state index in [1.165, 1.54) is 0 Å². The van der Waals surface area contributed by atoms with E-state index in [-0.39, 0.29) is 44.3 Å². The molecule has 0 bridgehead atoms. The number of ether oxygens (including phenoxy) is 2. The number of aryl methyl sites for hydroxylation is 1. The summed E-state index contributed by atoms with van der Waals surface area (Å²) >= 11 is 0. The van der Waals surface area contributed by atoms with Gasteiger partial charge >= 0.3 is 5.63 Å². The number of methoxy groups -OCH3 is 2. The molecule has 0 aliphatic carbocycles. The monoisotopic (exact) mass is 545 g/mol. The van der Waals surface area contributed by atoms with Crippen LogP contribution in [0.2, 0.25) is 0 Å². The smallest absolute Gasteiger partial charge is 0.357 e. The first-order valence-electron chi connectivity index (χ1n) is 10.9. The topological polar surface area (TPSA) is 77.8 Å². The van der Waals surface area contributed by atoms with Crippen molar-refractivity contribution in [2.75, 3.05) is 19.5 Å². The Hall–Kier alpha value is -2.96. The Balaban J connectivity index is 0.00000342. The van der Waals surface area contributed by atoms with E-state index < -0.39 is 11.5 Å². The Kier molecular flexibility index (Phi) is 8.52. The van der Waals surface area contributed by atoms with Gasteiger partial charge in [-0.2, -0.15) is 17.2 Å². The van der Waals surface area contributed by atoms with Gasteiger partial charge in [-0.3, -0.25) is 4.79 Å². The number of hydrogen-bond donors (Lipinski definition) is 1. The van der Waals surface area contributed by atoms with Gasteiger partial charge in [-0.15, -0.1) is 6.07 Å². The zero-order valence-corrected chi connectivity index (χ0v) is 23.2. The normalized spacial score (nSPS) is 10.7. The van der Waals surface area contributed by atoms with Gasteiger partial charge in [0.05, 0.1) is 14.2 Å². The van der Waals surface area contributed by atoms with E-state index in [4.69, 9.17) is 13.9 Å². The van der Waals surface area contributed by atoms with Crippen molar-refractivity contribution in [1.82, 2.24) is 0 Å². The first-order chi connectivity index (χ1) is 16.3. The average molecular weight is 545 g/mol. The van der Waals surface area contributed by atoms with Gasteiger partial charge in [-0.05, 0) is 41.8 Å². The molecular formula is C28H26NO5Y-. The fourth-order valence-electron chi connectivity index (χ4n) is 3.97. The van der Waals surface area contributed by atoms with Crippen LogP contribution < -0.4 is 20.4 Å². The molecule has 0 fully saturated rings. The van der Waals surface area contributed by atoms with Crippen molar-refractivity contribution < 1.29 is 51.4 Å². The van der Waals surface area contributed by atoms with Crippen LogP contribution in [0, 0.1) is 13.0 Å². The quantitative estimate of drug-likeness (QED) is 0.239. The molecule has 0 spiro atoms. The minimum absolute atomic E-state index is 0. The fraction of sp³-hybridized carbons (Fsp3) is 0.214. The second-order valence-electron chi connectivity index (χ2n) is 8.35. The molecule has 0 saturated carbocycles. The minimum atomic E-state index is -0.628. The van der Waals surface area contributed by atoms with Gasteiger partial charge in [0.15, 0.2) is 0 Å². The Labute approximate surface area is 229 Å². The summed E-state index contributed by atoms with van der Waals surface area (Å²) in [6.45, 7) is 6.12. The number of amides is 1. The van der Waals surface area contributed by atoms with Crippen molar-refractivity contribution >= 4 is 22.6 Å². The van der Waals surface area contributed by atoms with Crippen LogP contribution in [-0.4, -0.2) is 20.1 Å². The van der Waals surface area contributed by atoms with Crippen LogP contribution in [0.3, 0.4) is 0 Å². The van der Waals surface area contributed by atoms with Crippen molar-refractivity contribution in [2.45, 2.75) is 26.7 Å². The van der Waals surface area contributed by atoms with Crippen molar-refractivity contribution in [3.63, 3.8) is 0 Å². The largest absolute Gasteiger partial charge is 0.497 e. The molecule has 1 radical (unpaired) electrons. The number of benzene rings is 3. The summed E-state index contributed by atoms with van der Waals surface area (Å²) in [5, 5.41) is 3.39. The predicted molar refractivity (Wildman–Crippen MR) is 133 cm³/mol. The number of rotatable bonds is 6. The number of nitrogens with one attached hydrogen (secondary N) is 1. The van der Waals surface area contributed by atoms with Crippen molar-refractivity contribution in [2.24, 2.45) is 0 Å². The molecule has 177 valence electrons. The third-order valence-electron chi connectivity index (χ3n) is 5.69. The van der Waals surface area contributed by atoms with Gasteiger partial charge in [0.25, 0.3) is 5.91 Å². The SMILES string of the molecule is COc1cccc(-c2cc(C(=O)Nc3cc4cc(C)c(C(C)C)[c-]c4oc3=O)ccc2OC)c1.[Y]. The van der Waals surface area contributed by atoms with Gasteiger partial charge in [-0.1, -0.05) is 44.4 Å². The summed E-state index contributed by atoms with van der Waals surface area (Å²) in [5.74, 6) is 1.12. The molecule has 3 aromatic carbocycles. The molecular weight excluding hydrogens is 519 g/mol. The molecule has 1 aromatic heterocycles. The predicted octanol–water partition coefficient (Wildman–Crippen LogP) is 5.96. The maximum atomic E-state index is 13.1. The molecule has 7 heteroatoms. The van der Waals surface area contributed by atoms with E-state index in [0.29, 0.717) is 28.0 Å². The van der Waals surface area contributed by atoms with Crippen molar-refractivity contribution in [1.29, 1.82) is 0 Å². The average Bonchev–Trinajstić information content (AvgIpc) is 2.83. The Morgan fingerprint density at radius 2 is 1.80 bits per heavy atom. The van der Waals surface area contributed by atoms with Crippen LogP contribution in [0.15, 0.2) is 63.8 Å². The van der Waals surface area contributed by atoms with Crippen LogP contribution in [0.25, 0.3) is 22.1 Å². The van der Waals surface area contributed by atoms with Crippen LogP contribution in [-0.2, 0) is 32.7 Å². The van der Waals surface area contributed by atoms with E-state index in [0.717, 1.165) is 22.3 Å². The molecule has 0 saturated heterocycles. The molecule has 4 aromatic rings. The number of carbonyl (C=O) groups is 1. The zero-order valence-electron chi connectivity index (χ0n) is 20.4. The second-order valence-corrected chi connectivity index (χ2v) is 8.35. The summed E-state index contributed by atoms with van der Waals surface area (Å²) in [4.78, 5) is 25.6. The minimum Gasteiger partial charge on any atom is -0.497 e. The van der Waals surface area contributed by atoms with Crippen LogP contribution in [0.4, 0.5) is 5.69 Å². The molecule has 1 heterocycles. The molecule has 0 aliphatic rings. The summed E-state index contributed by atoms with van der Waals surface area (Å²) < 4.78 is 16.3. The van der Waals surface area contributed by atoms with Gasteiger partial charge in [0.1, 0.15) is 17.2 Å². The number of anilines is 1. The van der Waals surface area contributed by atoms with Gasteiger partial charge in [0, 0.05) is 49.4 Å². The summed E-state index contributed by atoms with van der Waals surface area (Å²) in [6.07, 6.45) is 0. The maximum absolute atomic E-state index is 13.1. The van der Waals surface area contributed by atoms with Crippen LogP contribution >= 0.6 is 0 Å². The van der Waals surface area contributed by atoms with E-state index in [1.807, 2.05) is 37.3 Å². The Morgan fingerprint density at radius 1 is 1.03 bits per heavy atom. The summed E-state index contributed by atoms with van der Waals surface area (Å²) in [5.41, 5.74) is 3.80. The zero-order chi connectivity index (χ0) is 24.4. The van der Waals surface area contributed by atoms with E-state index >= 15 is 0 Å². The van der Waals surface area contributed by atoms with E-state index in [2.05, 4.69) is 25.2 Å². The number of carbonyl (C=O) groups excluding carboxylic acids is 1. The standard InChI is InChI=1S/C28H26NO5.Y/c1-16(2)22-15-26-20(11-17(22)3)14-24(28(31)34-26)29-27(30)19-9-10-25(33-5)23(13-19)18-7-6-8-21(12-18)32-4;/h6-14,16H,1-5H3,(H,29,30);/q-1;. The second kappa shape index (κ2) is 11.2. The third kappa shape index (κ3) is 5.66. The fourth-order valence-corrected chi connectivity index (χ4v) is 3.97. The molecule has 0 unspecified atom stereocenters. The molecule has 6 nitrogen and oxygen atoms in total. The molecule has 1 N–H and O–H groups in total. The van der Waals surface area contributed by atoms with Crippen LogP contribution in [0.5, 0.6) is 11.5 Å². The maximum Gasteiger partial charge on any atom is 0.357 e. The first-order valence-corrected chi connectivity index (χ1v) is 10.9. The number of hydrogen-bond acceptors (Lipinski definition) is 5. The van der Waals surface area contributed by atoms with Gasteiger partial charge in [0.2, 0.25) is 0 Å². The Morgan fingerprint density at radius 3 is 2.49 bits per heavy atom. The van der Waals surface area contributed by atoms with Crippen molar-refractivity contribution in [3.05, 3.63) is 87.8 Å². The van der Waals surface area contributed by atoms with Crippen LogP contribution in [0.1, 0.15) is 41.3 Å². The molecule has 35 heavy (non-hydrogen) atoms. The molecule has 0 aliphatic heterocycles. The molecule has 0 atom stereocenters. The van der Waals surface area contributed by atoms with Crippen molar-refractivity contribution in [3.8, 4) is 22.6 Å². The molecule has 1 amide bonds. The van der Waals surface area contributed by atoms with E-state index in [9.17, 15) is 9.59 Å². The summed E-state index contributed by atoms with van der Waals surface area (Å²) in [7, 11) is 3.17.